The van der Waals surface area contributed by atoms with Gasteiger partial charge in [0.25, 0.3) is 0 Å². The average Bonchev–Trinajstić information content (AvgIpc) is 2.66. The van der Waals surface area contributed by atoms with Gasteiger partial charge in [0.05, 0.1) is 0 Å². The summed E-state index contributed by atoms with van der Waals surface area (Å²) in [6.45, 7) is 0. The summed E-state index contributed by atoms with van der Waals surface area (Å²) >= 11 is 0. The lowest BCUT2D eigenvalue weighted by atomic mass is 9.52. The first-order chi connectivity index (χ1) is 14.2. The molecule has 9 rings (SSSR count). The fourth-order valence-electron chi connectivity index (χ4n) is 9.74. The molecule has 1 aromatic carbocycles. The molecule has 0 unspecified atom stereocenters. The molecule has 8 aliphatic carbocycles. The Kier molecular flexibility index (Phi) is 3.66. The zero-order valence-electron chi connectivity index (χ0n) is 17.8. The standard InChI is InChI=1S/C27H36NO/c1-2-4-25(5-3-1)28(26-12-19-6-20(13-26)8-21(7-19)14-26)18-29-27-15-22-9-23(16-27)11-24(10-22)17-27/h1-5,18-24H,6-17H2/q+1. The normalized spacial score (nSPS) is 49.6. The number of ether oxygens (including phenoxy) is 1. The van der Waals surface area contributed by atoms with Gasteiger partial charge in [0.2, 0.25) is 5.69 Å². The first-order valence-corrected chi connectivity index (χ1v) is 12.5. The lowest BCUT2D eigenvalue weighted by Crippen LogP contribution is -2.57. The molecular weight excluding hydrogens is 354 g/mol. The van der Waals surface area contributed by atoms with Crippen LogP contribution in [0.2, 0.25) is 0 Å². The van der Waals surface area contributed by atoms with Crippen LogP contribution in [0.4, 0.5) is 5.69 Å². The van der Waals surface area contributed by atoms with Gasteiger partial charge in [-0.15, -0.1) is 0 Å². The van der Waals surface area contributed by atoms with Crippen molar-refractivity contribution < 1.29 is 9.31 Å². The van der Waals surface area contributed by atoms with Crippen molar-refractivity contribution in [1.29, 1.82) is 0 Å². The fourth-order valence-corrected chi connectivity index (χ4v) is 9.74. The number of nitrogens with zero attached hydrogens (tertiary/aromatic N) is 1. The average molecular weight is 391 g/mol. The summed E-state index contributed by atoms with van der Waals surface area (Å²) in [5.41, 5.74) is 1.84. The summed E-state index contributed by atoms with van der Waals surface area (Å²) in [6, 6.07) is 11.2. The molecule has 8 saturated carbocycles. The van der Waals surface area contributed by atoms with E-state index in [1.165, 1.54) is 82.7 Å². The molecule has 0 amide bonds. The monoisotopic (exact) mass is 390 g/mol. The van der Waals surface area contributed by atoms with E-state index >= 15 is 0 Å². The minimum Gasteiger partial charge on any atom is -0.443 e. The van der Waals surface area contributed by atoms with Crippen molar-refractivity contribution in [2.45, 2.75) is 88.2 Å². The van der Waals surface area contributed by atoms with E-state index in [1.807, 2.05) is 0 Å². The Morgan fingerprint density at radius 2 is 1.10 bits per heavy atom. The van der Waals surface area contributed by atoms with Crippen LogP contribution in [0.15, 0.2) is 30.3 Å². The van der Waals surface area contributed by atoms with Crippen LogP contribution in [0.1, 0.15) is 77.0 Å². The van der Waals surface area contributed by atoms with E-state index in [1.54, 1.807) is 0 Å². The van der Waals surface area contributed by atoms with E-state index in [9.17, 15) is 0 Å². The van der Waals surface area contributed by atoms with E-state index in [0.717, 1.165) is 35.5 Å². The molecule has 1 aromatic rings. The first-order valence-electron chi connectivity index (χ1n) is 12.5. The van der Waals surface area contributed by atoms with E-state index in [-0.39, 0.29) is 5.60 Å². The molecule has 0 radical (unpaired) electrons. The molecule has 8 bridgehead atoms. The number of para-hydroxylation sites is 1. The molecule has 0 N–H and O–H groups in total. The van der Waals surface area contributed by atoms with E-state index in [2.05, 4.69) is 41.3 Å². The predicted molar refractivity (Wildman–Crippen MR) is 115 cm³/mol. The lowest BCUT2D eigenvalue weighted by Gasteiger charge is -2.55. The second kappa shape index (κ2) is 6.11. The largest absolute Gasteiger partial charge is 0.443 e. The first kappa shape index (κ1) is 17.4. The fraction of sp³-hybridized carbons (Fsp3) is 0.741. The molecule has 8 aliphatic rings. The van der Waals surface area contributed by atoms with Crippen LogP contribution in [0.25, 0.3) is 0 Å². The van der Waals surface area contributed by atoms with Gasteiger partial charge >= 0.3 is 6.40 Å². The summed E-state index contributed by atoms with van der Waals surface area (Å²) < 4.78 is 9.60. The van der Waals surface area contributed by atoms with E-state index in [0.29, 0.717) is 5.54 Å². The Balaban J connectivity index is 1.26. The van der Waals surface area contributed by atoms with Crippen molar-refractivity contribution in [1.82, 2.24) is 0 Å². The zero-order chi connectivity index (χ0) is 19.1. The highest BCUT2D eigenvalue weighted by atomic mass is 16.5. The minimum absolute atomic E-state index is 0.157. The number of hydrogen-bond acceptors (Lipinski definition) is 1. The van der Waals surface area contributed by atoms with Crippen molar-refractivity contribution in [2.75, 3.05) is 0 Å². The molecule has 2 nitrogen and oxygen atoms in total. The van der Waals surface area contributed by atoms with Gasteiger partial charge in [-0.25, -0.2) is 0 Å². The highest BCUT2D eigenvalue weighted by Gasteiger charge is 2.58. The summed E-state index contributed by atoms with van der Waals surface area (Å²) in [5.74, 6) is 5.71. The SMILES string of the molecule is C(OC12CC3CC(CC(C3)C1)C2)=[N+](c1ccccc1)C12CC3CC(CC(C3)C1)C2. The van der Waals surface area contributed by atoms with Crippen molar-refractivity contribution in [3.05, 3.63) is 30.3 Å². The van der Waals surface area contributed by atoms with Crippen molar-refractivity contribution in [3.8, 4) is 0 Å². The van der Waals surface area contributed by atoms with E-state index in [4.69, 9.17) is 4.74 Å². The van der Waals surface area contributed by atoms with Crippen LogP contribution < -0.4 is 0 Å². The Morgan fingerprint density at radius 1 is 0.655 bits per heavy atom. The van der Waals surface area contributed by atoms with Gasteiger partial charge in [0.1, 0.15) is 5.60 Å². The topological polar surface area (TPSA) is 12.2 Å². The third-order valence-electron chi connectivity index (χ3n) is 9.94. The van der Waals surface area contributed by atoms with Gasteiger partial charge in [0.15, 0.2) is 5.54 Å². The Morgan fingerprint density at radius 3 is 1.59 bits per heavy atom. The van der Waals surface area contributed by atoms with Crippen LogP contribution in [-0.4, -0.2) is 22.1 Å². The van der Waals surface area contributed by atoms with Gasteiger partial charge in [-0.1, -0.05) is 18.2 Å². The zero-order valence-corrected chi connectivity index (χ0v) is 17.8. The molecule has 29 heavy (non-hydrogen) atoms. The summed E-state index contributed by atoms with van der Waals surface area (Å²) in [4.78, 5) is 0. The van der Waals surface area contributed by atoms with Crippen LogP contribution in [0.5, 0.6) is 0 Å². The molecule has 0 atom stereocenters. The maximum atomic E-state index is 6.95. The van der Waals surface area contributed by atoms with Gasteiger partial charge in [-0.2, -0.15) is 4.58 Å². The molecule has 0 saturated heterocycles. The molecule has 8 fully saturated rings. The summed E-state index contributed by atoms with van der Waals surface area (Å²) in [5, 5.41) is 0. The maximum Gasteiger partial charge on any atom is 0.330 e. The second-order valence-electron chi connectivity index (χ2n) is 12.2. The number of hydrogen-bond donors (Lipinski definition) is 0. The Labute approximate surface area is 175 Å². The minimum atomic E-state index is 0.157. The molecule has 0 heterocycles. The quantitative estimate of drug-likeness (QED) is 0.333. The number of benzene rings is 1. The third-order valence-corrected chi connectivity index (χ3v) is 9.94. The molecule has 0 aromatic heterocycles. The van der Waals surface area contributed by atoms with Crippen LogP contribution in [-0.2, 0) is 4.74 Å². The lowest BCUT2D eigenvalue weighted by molar-refractivity contribution is -0.560. The molecule has 0 spiro atoms. The molecule has 154 valence electrons. The smallest absolute Gasteiger partial charge is 0.330 e. The van der Waals surface area contributed by atoms with Crippen LogP contribution in [0, 0.1) is 35.5 Å². The van der Waals surface area contributed by atoms with Gasteiger partial charge in [0, 0.05) is 31.4 Å². The van der Waals surface area contributed by atoms with Gasteiger partial charge in [-0.05, 0) is 93.3 Å². The highest BCUT2D eigenvalue weighted by Crippen LogP contribution is 2.59. The predicted octanol–water partition coefficient (Wildman–Crippen LogP) is 6.31. The van der Waals surface area contributed by atoms with E-state index < -0.39 is 0 Å². The van der Waals surface area contributed by atoms with Gasteiger partial charge < -0.3 is 4.74 Å². The third kappa shape index (κ3) is 2.77. The second-order valence-corrected chi connectivity index (χ2v) is 12.2. The highest BCUT2D eigenvalue weighted by molar-refractivity contribution is 5.47. The van der Waals surface area contributed by atoms with Gasteiger partial charge in [-0.3, -0.25) is 0 Å². The Bertz CT molecular complexity index is 754. The van der Waals surface area contributed by atoms with Crippen LogP contribution in [0.3, 0.4) is 0 Å². The summed E-state index contributed by atoms with van der Waals surface area (Å²) in [7, 11) is 0. The molecule has 0 aliphatic heterocycles. The van der Waals surface area contributed by atoms with Crippen LogP contribution >= 0.6 is 0 Å². The molecular formula is C27H36NO+. The van der Waals surface area contributed by atoms with Crippen molar-refractivity contribution in [3.63, 3.8) is 0 Å². The van der Waals surface area contributed by atoms with Crippen molar-refractivity contribution in [2.24, 2.45) is 35.5 Å². The maximum absolute atomic E-state index is 6.95. The number of rotatable bonds is 4. The summed E-state index contributed by atoms with van der Waals surface area (Å²) in [6.07, 6.45) is 19.3. The Hall–Kier alpha value is -1.31. The van der Waals surface area contributed by atoms with Crippen molar-refractivity contribution >= 4 is 12.1 Å². The molecule has 2 heteroatoms.